The highest BCUT2D eigenvalue weighted by Crippen LogP contribution is 2.26. The third-order valence-corrected chi connectivity index (χ3v) is 4.42. The maximum Gasteiger partial charge on any atom is 0.0576 e. The third kappa shape index (κ3) is 3.19. The molecule has 0 aromatic heterocycles. The summed E-state index contributed by atoms with van der Waals surface area (Å²) in [6.45, 7) is 4.44. The van der Waals surface area contributed by atoms with Gasteiger partial charge in [0.2, 0.25) is 0 Å². The van der Waals surface area contributed by atoms with E-state index in [1.165, 1.54) is 5.56 Å². The molecule has 1 saturated heterocycles. The minimum Gasteiger partial charge on any atom is -0.397 e. The topological polar surface area (TPSA) is 41.3 Å². The van der Waals surface area contributed by atoms with E-state index in [-0.39, 0.29) is 0 Å². The summed E-state index contributed by atoms with van der Waals surface area (Å²) in [7, 11) is 0. The average molecular weight is 281 g/mol. The first-order valence-electron chi connectivity index (χ1n) is 7.63. The normalized spacial score (nSPS) is 22.3. The Hall–Kier alpha value is -2.00. The lowest BCUT2D eigenvalue weighted by Gasteiger charge is -2.26. The van der Waals surface area contributed by atoms with E-state index in [0.717, 1.165) is 30.9 Å². The zero-order valence-corrected chi connectivity index (χ0v) is 12.5. The smallest absolute Gasteiger partial charge is 0.0576 e. The average Bonchev–Trinajstić information content (AvgIpc) is 2.84. The largest absolute Gasteiger partial charge is 0.397 e. The number of nitrogen functional groups attached to an aromatic ring is 1. The minimum absolute atomic E-state index is 0.457. The van der Waals surface area contributed by atoms with Gasteiger partial charge in [-0.25, -0.2) is 0 Å². The predicted molar refractivity (Wildman–Crippen MR) is 89.2 cm³/mol. The molecule has 2 aromatic carbocycles. The summed E-state index contributed by atoms with van der Waals surface area (Å²) in [4.78, 5) is 2.53. The molecule has 2 atom stereocenters. The van der Waals surface area contributed by atoms with Gasteiger partial charge in [-0.2, -0.15) is 0 Å². The number of nitrogens with two attached hydrogens (primary N) is 1. The first kappa shape index (κ1) is 14.0. The fourth-order valence-electron chi connectivity index (χ4n) is 3.07. The third-order valence-electron chi connectivity index (χ3n) is 4.42. The lowest BCUT2D eigenvalue weighted by Crippen LogP contribution is -2.35. The molecule has 3 nitrogen and oxygen atoms in total. The van der Waals surface area contributed by atoms with Crippen molar-refractivity contribution in [2.45, 2.75) is 32.0 Å². The highest BCUT2D eigenvalue weighted by Gasteiger charge is 2.30. The van der Waals surface area contributed by atoms with E-state index in [2.05, 4.69) is 53.5 Å². The molecule has 0 amide bonds. The highest BCUT2D eigenvalue weighted by atomic mass is 15.2. The van der Waals surface area contributed by atoms with Gasteiger partial charge in [-0.1, -0.05) is 42.5 Å². The molecule has 2 unspecified atom stereocenters. The summed E-state index contributed by atoms with van der Waals surface area (Å²) in [5.74, 6) is 0. The van der Waals surface area contributed by atoms with Crippen LogP contribution in [0.4, 0.5) is 11.4 Å². The van der Waals surface area contributed by atoms with E-state index < -0.39 is 0 Å². The maximum absolute atomic E-state index is 6.03. The van der Waals surface area contributed by atoms with Crippen molar-refractivity contribution in [1.82, 2.24) is 4.90 Å². The molecule has 0 aliphatic carbocycles. The summed E-state index contributed by atoms with van der Waals surface area (Å²) in [5.41, 5.74) is 9.28. The van der Waals surface area contributed by atoms with Crippen LogP contribution in [0.2, 0.25) is 0 Å². The van der Waals surface area contributed by atoms with Crippen LogP contribution in [-0.4, -0.2) is 23.5 Å². The second-order valence-corrected chi connectivity index (χ2v) is 5.82. The molecular weight excluding hydrogens is 258 g/mol. The lowest BCUT2D eigenvalue weighted by atomic mass is 10.1. The van der Waals surface area contributed by atoms with Crippen molar-refractivity contribution < 1.29 is 0 Å². The second kappa shape index (κ2) is 6.19. The van der Waals surface area contributed by atoms with Crippen LogP contribution in [0.15, 0.2) is 54.6 Å². The van der Waals surface area contributed by atoms with Crippen LogP contribution in [-0.2, 0) is 6.54 Å². The van der Waals surface area contributed by atoms with Crippen molar-refractivity contribution in [3.63, 3.8) is 0 Å². The molecule has 0 radical (unpaired) electrons. The Morgan fingerprint density at radius 1 is 1.10 bits per heavy atom. The summed E-state index contributed by atoms with van der Waals surface area (Å²) in [6, 6.07) is 19.6. The van der Waals surface area contributed by atoms with Crippen LogP contribution in [0, 0.1) is 0 Å². The molecule has 3 N–H and O–H groups in total. The van der Waals surface area contributed by atoms with Gasteiger partial charge < -0.3 is 11.1 Å². The number of benzene rings is 2. The minimum atomic E-state index is 0.457. The summed E-state index contributed by atoms with van der Waals surface area (Å²) in [5, 5.41) is 3.61. The Balaban J connectivity index is 1.64. The zero-order chi connectivity index (χ0) is 14.7. The second-order valence-electron chi connectivity index (χ2n) is 5.82. The fraction of sp³-hybridized carbons (Fsp3) is 0.333. The molecule has 21 heavy (non-hydrogen) atoms. The SMILES string of the molecule is CC1C(Nc2ccccc2N)CCN1Cc1ccccc1. The molecule has 0 bridgehead atoms. The van der Waals surface area contributed by atoms with Gasteiger partial charge in [0.1, 0.15) is 0 Å². The molecule has 2 aromatic rings. The van der Waals surface area contributed by atoms with Crippen LogP contribution >= 0.6 is 0 Å². The van der Waals surface area contributed by atoms with Crippen LogP contribution in [0.5, 0.6) is 0 Å². The number of rotatable bonds is 4. The quantitative estimate of drug-likeness (QED) is 0.845. The number of nitrogens with one attached hydrogen (secondary N) is 1. The summed E-state index contributed by atoms with van der Waals surface area (Å²) in [6.07, 6.45) is 1.16. The van der Waals surface area contributed by atoms with Gasteiger partial charge in [0.25, 0.3) is 0 Å². The van der Waals surface area contributed by atoms with Crippen LogP contribution in [0.3, 0.4) is 0 Å². The van der Waals surface area contributed by atoms with Crippen LogP contribution < -0.4 is 11.1 Å². The van der Waals surface area contributed by atoms with Crippen molar-refractivity contribution in [2.24, 2.45) is 0 Å². The van der Waals surface area contributed by atoms with E-state index in [0.29, 0.717) is 12.1 Å². The van der Waals surface area contributed by atoms with E-state index in [4.69, 9.17) is 5.73 Å². The Bertz CT molecular complexity index is 582. The number of nitrogens with zero attached hydrogens (tertiary/aromatic N) is 1. The molecule has 110 valence electrons. The standard InChI is InChI=1S/C18H23N3/c1-14-17(20-18-10-6-5-9-16(18)19)11-12-21(14)13-15-7-3-2-4-8-15/h2-10,14,17,20H,11-13,19H2,1H3. The Labute approximate surface area is 126 Å². The molecule has 1 heterocycles. The number of anilines is 2. The van der Waals surface area contributed by atoms with E-state index in [9.17, 15) is 0 Å². The molecule has 1 fully saturated rings. The summed E-state index contributed by atoms with van der Waals surface area (Å²) < 4.78 is 0. The molecule has 0 spiro atoms. The Morgan fingerprint density at radius 2 is 1.81 bits per heavy atom. The highest BCUT2D eigenvalue weighted by molar-refractivity contribution is 5.66. The zero-order valence-electron chi connectivity index (χ0n) is 12.5. The monoisotopic (exact) mass is 281 g/mol. The van der Waals surface area contributed by atoms with Gasteiger partial charge in [0.15, 0.2) is 0 Å². The summed E-state index contributed by atoms with van der Waals surface area (Å²) >= 11 is 0. The van der Waals surface area contributed by atoms with Crippen molar-refractivity contribution in [3.8, 4) is 0 Å². The van der Waals surface area contributed by atoms with Gasteiger partial charge >= 0.3 is 0 Å². The van der Waals surface area contributed by atoms with Gasteiger partial charge in [0.05, 0.1) is 11.4 Å². The van der Waals surface area contributed by atoms with E-state index in [1.54, 1.807) is 0 Å². The van der Waals surface area contributed by atoms with Crippen molar-refractivity contribution in [3.05, 3.63) is 60.2 Å². The van der Waals surface area contributed by atoms with Crippen molar-refractivity contribution in [1.29, 1.82) is 0 Å². The van der Waals surface area contributed by atoms with Crippen molar-refractivity contribution >= 4 is 11.4 Å². The first-order chi connectivity index (χ1) is 10.2. The van der Waals surface area contributed by atoms with E-state index >= 15 is 0 Å². The molecule has 1 aliphatic heterocycles. The molecule has 3 heteroatoms. The van der Waals surface area contributed by atoms with Gasteiger partial charge in [0, 0.05) is 25.2 Å². The van der Waals surface area contributed by atoms with Crippen LogP contribution in [0.1, 0.15) is 18.9 Å². The van der Waals surface area contributed by atoms with Gasteiger partial charge in [-0.05, 0) is 31.0 Å². The van der Waals surface area contributed by atoms with Gasteiger partial charge in [-0.15, -0.1) is 0 Å². The molecular formula is C18H23N3. The molecule has 1 aliphatic rings. The lowest BCUT2D eigenvalue weighted by molar-refractivity contribution is 0.255. The molecule has 3 rings (SSSR count). The number of para-hydroxylation sites is 2. The van der Waals surface area contributed by atoms with E-state index in [1.807, 2.05) is 18.2 Å². The predicted octanol–water partition coefficient (Wildman–Crippen LogP) is 3.34. The fourth-order valence-corrected chi connectivity index (χ4v) is 3.07. The molecule has 0 saturated carbocycles. The number of hydrogen-bond donors (Lipinski definition) is 2. The van der Waals surface area contributed by atoms with Crippen molar-refractivity contribution in [2.75, 3.05) is 17.6 Å². The Kier molecular flexibility index (Phi) is 4.11. The van der Waals surface area contributed by atoms with Gasteiger partial charge in [-0.3, -0.25) is 4.90 Å². The number of hydrogen-bond acceptors (Lipinski definition) is 3. The van der Waals surface area contributed by atoms with Crippen LogP contribution in [0.25, 0.3) is 0 Å². The Morgan fingerprint density at radius 3 is 2.57 bits per heavy atom. The first-order valence-corrected chi connectivity index (χ1v) is 7.63. The number of likely N-dealkylation sites (tertiary alicyclic amines) is 1. The maximum atomic E-state index is 6.03.